The second-order valence-electron chi connectivity index (χ2n) is 6.03. The fourth-order valence-electron chi connectivity index (χ4n) is 3.18. The zero-order valence-corrected chi connectivity index (χ0v) is 15.8. The number of rotatable bonds is 4. The predicted octanol–water partition coefficient (Wildman–Crippen LogP) is 6.87. The monoisotopic (exact) mass is 421 g/mol. The Morgan fingerprint density at radius 1 is 0.909 bits per heavy atom. The van der Waals surface area contributed by atoms with E-state index in [2.05, 4.69) is 67.5 Å². The minimum absolute atomic E-state index is 0.787. The van der Waals surface area contributed by atoms with Crippen LogP contribution in [0, 0.1) is 0 Å². The van der Waals surface area contributed by atoms with Crippen molar-refractivity contribution in [1.82, 2.24) is 0 Å². The first-order chi connectivity index (χ1) is 10.7. The van der Waals surface area contributed by atoms with Gasteiger partial charge in [0.15, 0.2) is 0 Å². The average molecular weight is 423 g/mol. The molecule has 0 spiro atoms. The first-order valence-electron chi connectivity index (χ1n) is 8.01. The maximum atomic E-state index is 3.61. The topological polar surface area (TPSA) is 12.0 Å². The highest BCUT2D eigenvalue weighted by Crippen LogP contribution is 2.33. The minimum atomic E-state index is 0.787. The smallest absolute Gasteiger partial charge is 0.0549 e. The summed E-state index contributed by atoms with van der Waals surface area (Å²) in [4.78, 5) is 0. The van der Waals surface area contributed by atoms with E-state index in [1.807, 2.05) is 12.1 Å². The Morgan fingerprint density at radius 2 is 1.64 bits per heavy atom. The lowest BCUT2D eigenvalue weighted by molar-refractivity contribution is 0.443. The van der Waals surface area contributed by atoms with Crippen LogP contribution in [0.5, 0.6) is 0 Å². The van der Waals surface area contributed by atoms with Gasteiger partial charge in [-0.3, -0.25) is 0 Å². The number of anilines is 1. The van der Waals surface area contributed by atoms with E-state index in [0.29, 0.717) is 0 Å². The third-order valence-corrected chi connectivity index (χ3v) is 6.54. The molecule has 0 radical (unpaired) electrons. The van der Waals surface area contributed by atoms with Crippen LogP contribution in [0.1, 0.15) is 49.1 Å². The summed E-state index contributed by atoms with van der Waals surface area (Å²) < 4.78 is 2.15. The molecule has 1 aliphatic carbocycles. The molecule has 0 bridgehead atoms. The first-order valence-corrected chi connectivity index (χ1v) is 9.59. The Bertz CT molecular complexity index is 616. The summed E-state index contributed by atoms with van der Waals surface area (Å²) in [5, 5.41) is 3.49. The summed E-state index contributed by atoms with van der Waals surface area (Å²) in [7, 11) is 0. The number of nitrogens with one attached hydrogen (secondary N) is 1. The van der Waals surface area contributed by atoms with Crippen molar-refractivity contribution in [2.45, 2.75) is 44.6 Å². The molecule has 1 nitrogen and oxygen atoms in total. The molecule has 0 atom stereocenters. The van der Waals surface area contributed by atoms with E-state index in [9.17, 15) is 0 Å². The van der Waals surface area contributed by atoms with Gasteiger partial charge in [0.2, 0.25) is 0 Å². The molecule has 0 unspecified atom stereocenters. The molecule has 0 saturated heterocycles. The van der Waals surface area contributed by atoms with Crippen molar-refractivity contribution in [3.05, 3.63) is 62.5 Å². The molecule has 1 N–H and O–H groups in total. The van der Waals surface area contributed by atoms with E-state index >= 15 is 0 Å². The van der Waals surface area contributed by atoms with E-state index in [4.69, 9.17) is 0 Å². The Kier molecular flexibility index (Phi) is 5.59. The van der Waals surface area contributed by atoms with Gasteiger partial charge < -0.3 is 5.32 Å². The lowest BCUT2D eigenvalue weighted by Gasteiger charge is -2.22. The van der Waals surface area contributed by atoms with Crippen molar-refractivity contribution in [2.75, 3.05) is 5.32 Å². The molecule has 0 amide bonds. The molecule has 1 saturated carbocycles. The van der Waals surface area contributed by atoms with Gasteiger partial charge in [0.25, 0.3) is 0 Å². The SMILES string of the molecule is Brc1cccc(NCc2ccc(C3CCCCC3)cc2)c1Br. The average Bonchev–Trinajstić information content (AvgIpc) is 2.57. The third-order valence-electron chi connectivity index (χ3n) is 4.49. The Hall–Kier alpha value is -0.800. The molecule has 1 aliphatic rings. The minimum Gasteiger partial charge on any atom is -0.380 e. The van der Waals surface area contributed by atoms with Gasteiger partial charge in [-0.25, -0.2) is 0 Å². The molecule has 2 aromatic rings. The van der Waals surface area contributed by atoms with Crippen LogP contribution in [0.3, 0.4) is 0 Å². The zero-order valence-electron chi connectivity index (χ0n) is 12.6. The molecule has 3 heteroatoms. The van der Waals surface area contributed by atoms with Crippen LogP contribution in [0.15, 0.2) is 51.4 Å². The van der Waals surface area contributed by atoms with Crippen LogP contribution < -0.4 is 5.32 Å². The number of hydrogen-bond donors (Lipinski definition) is 1. The summed E-state index contributed by atoms with van der Waals surface area (Å²) in [5.41, 5.74) is 3.96. The lowest BCUT2D eigenvalue weighted by atomic mass is 9.84. The zero-order chi connectivity index (χ0) is 15.4. The quantitative estimate of drug-likeness (QED) is 0.566. The van der Waals surface area contributed by atoms with Gasteiger partial charge in [-0.05, 0) is 73.9 Å². The third kappa shape index (κ3) is 3.94. The van der Waals surface area contributed by atoms with Gasteiger partial charge in [-0.2, -0.15) is 0 Å². The lowest BCUT2D eigenvalue weighted by Crippen LogP contribution is -2.05. The number of hydrogen-bond acceptors (Lipinski definition) is 1. The van der Waals surface area contributed by atoms with Crippen LogP contribution in [0.4, 0.5) is 5.69 Å². The van der Waals surface area contributed by atoms with Gasteiger partial charge in [0, 0.05) is 16.7 Å². The van der Waals surface area contributed by atoms with E-state index in [1.54, 1.807) is 0 Å². The fourth-order valence-corrected chi connectivity index (χ4v) is 3.95. The van der Waals surface area contributed by atoms with Crippen molar-refractivity contribution in [1.29, 1.82) is 0 Å². The van der Waals surface area contributed by atoms with E-state index in [-0.39, 0.29) is 0 Å². The molecule has 0 aromatic heterocycles. The van der Waals surface area contributed by atoms with Crippen molar-refractivity contribution in [2.24, 2.45) is 0 Å². The van der Waals surface area contributed by atoms with Crippen molar-refractivity contribution < 1.29 is 0 Å². The Balaban J connectivity index is 1.62. The van der Waals surface area contributed by atoms with Crippen molar-refractivity contribution in [3.63, 3.8) is 0 Å². The van der Waals surface area contributed by atoms with Gasteiger partial charge in [0.1, 0.15) is 0 Å². The fraction of sp³-hybridized carbons (Fsp3) is 0.368. The van der Waals surface area contributed by atoms with E-state index in [0.717, 1.165) is 27.1 Å². The Morgan fingerprint density at radius 3 is 2.36 bits per heavy atom. The molecule has 22 heavy (non-hydrogen) atoms. The maximum absolute atomic E-state index is 3.61. The Labute approximate surface area is 149 Å². The van der Waals surface area contributed by atoms with Gasteiger partial charge in [0.05, 0.1) is 4.47 Å². The molecule has 116 valence electrons. The van der Waals surface area contributed by atoms with Crippen LogP contribution in [-0.4, -0.2) is 0 Å². The largest absolute Gasteiger partial charge is 0.380 e. The van der Waals surface area contributed by atoms with Gasteiger partial charge in [-0.15, -0.1) is 0 Å². The highest BCUT2D eigenvalue weighted by atomic mass is 79.9. The van der Waals surface area contributed by atoms with Crippen molar-refractivity contribution >= 4 is 37.5 Å². The van der Waals surface area contributed by atoms with Crippen molar-refractivity contribution in [3.8, 4) is 0 Å². The molecule has 0 heterocycles. The standard InChI is InChI=1S/C19H21Br2N/c20-17-7-4-8-18(19(17)21)22-13-14-9-11-16(12-10-14)15-5-2-1-3-6-15/h4,7-12,15,22H,1-3,5-6,13H2. The number of halogens is 2. The van der Waals surface area contributed by atoms with Crippen LogP contribution in [0.25, 0.3) is 0 Å². The highest BCUT2D eigenvalue weighted by Gasteiger charge is 2.15. The highest BCUT2D eigenvalue weighted by molar-refractivity contribution is 9.13. The van der Waals surface area contributed by atoms with Gasteiger partial charge >= 0.3 is 0 Å². The molecular formula is C19H21Br2N. The van der Waals surface area contributed by atoms with Crippen LogP contribution in [-0.2, 0) is 6.54 Å². The van der Waals surface area contributed by atoms with Gasteiger partial charge in [-0.1, -0.05) is 49.6 Å². The molecule has 1 fully saturated rings. The van der Waals surface area contributed by atoms with E-state index in [1.165, 1.54) is 43.2 Å². The normalized spacial score (nSPS) is 15.7. The summed E-state index contributed by atoms with van der Waals surface area (Å²) in [5.74, 6) is 0.787. The molecule has 0 aliphatic heterocycles. The molecular weight excluding hydrogens is 402 g/mol. The number of benzene rings is 2. The summed E-state index contributed by atoms with van der Waals surface area (Å²) >= 11 is 7.15. The summed E-state index contributed by atoms with van der Waals surface area (Å²) in [6.07, 6.45) is 6.93. The summed E-state index contributed by atoms with van der Waals surface area (Å²) in [6, 6.07) is 15.3. The van der Waals surface area contributed by atoms with Crippen LogP contribution in [0.2, 0.25) is 0 Å². The van der Waals surface area contributed by atoms with E-state index < -0.39 is 0 Å². The maximum Gasteiger partial charge on any atom is 0.0549 e. The second-order valence-corrected chi connectivity index (χ2v) is 7.68. The summed E-state index contributed by atoms with van der Waals surface area (Å²) in [6.45, 7) is 0.847. The predicted molar refractivity (Wildman–Crippen MR) is 101 cm³/mol. The van der Waals surface area contributed by atoms with Crippen LogP contribution >= 0.6 is 31.9 Å². The molecule has 2 aromatic carbocycles. The first kappa shape index (κ1) is 16.1. The molecule has 3 rings (SSSR count). The second kappa shape index (κ2) is 7.65.